The lowest BCUT2D eigenvalue weighted by Crippen LogP contribution is -2.31. The highest BCUT2D eigenvalue weighted by atomic mass is 32.1. The molecule has 78 valence electrons. The molecule has 0 aliphatic rings. The summed E-state index contributed by atoms with van der Waals surface area (Å²) in [7, 11) is 0. The van der Waals surface area contributed by atoms with Gasteiger partial charge in [0.05, 0.1) is 5.41 Å². The van der Waals surface area contributed by atoms with Gasteiger partial charge in [0.15, 0.2) is 0 Å². The first kappa shape index (κ1) is 11.2. The van der Waals surface area contributed by atoms with Gasteiger partial charge in [-0.25, -0.2) is 0 Å². The van der Waals surface area contributed by atoms with Crippen molar-refractivity contribution >= 4 is 17.3 Å². The Morgan fingerprint density at radius 2 is 2.14 bits per heavy atom. The molecule has 0 unspecified atom stereocenters. The van der Waals surface area contributed by atoms with E-state index in [9.17, 15) is 9.90 Å². The maximum atomic E-state index is 11.2. The van der Waals surface area contributed by atoms with E-state index in [1.54, 1.807) is 11.3 Å². The maximum absolute atomic E-state index is 11.2. The average Bonchev–Trinajstić information content (AvgIpc) is 2.66. The second-order valence-electron chi connectivity index (χ2n) is 3.60. The van der Waals surface area contributed by atoms with Crippen molar-refractivity contribution in [2.24, 2.45) is 5.41 Å². The van der Waals surface area contributed by atoms with E-state index in [0.29, 0.717) is 19.3 Å². The summed E-state index contributed by atoms with van der Waals surface area (Å²) >= 11 is 1.62. The smallest absolute Gasteiger partial charge is 0.309 e. The average molecular weight is 212 g/mol. The third-order valence-corrected chi connectivity index (χ3v) is 3.66. The first-order valence-corrected chi connectivity index (χ1v) is 5.83. The minimum atomic E-state index is -0.672. The molecule has 1 rings (SSSR count). The molecule has 0 aliphatic carbocycles. The zero-order chi connectivity index (χ0) is 10.6. The van der Waals surface area contributed by atoms with Crippen molar-refractivity contribution < 1.29 is 9.90 Å². The van der Waals surface area contributed by atoms with Gasteiger partial charge in [-0.15, -0.1) is 0 Å². The van der Waals surface area contributed by atoms with Crippen LogP contribution in [0.15, 0.2) is 16.8 Å². The molecule has 0 radical (unpaired) electrons. The van der Waals surface area contributed by atoms with Crippen LogP contribution >= 0.6 is 11.3 Å². The molecule has 0 aromatic carbocycles. The lowest BCUT2D eigenvalue weighted by atomic mass is 9.77. The highest BCUT2D eigenvalue weighted by molar-refractivity contribution is 7.07. The van der Waals surface area contributed by atoms with Crippen molar-refractivity contribution in [2.45, 2.75) is 33.1 Å². The highest BCUT2D eigenvalue weighted by Crippen LogP contribution is 2.31. The second-order valence-corrected chi connectivity index (χ2v) is 4.38. The lowest BCUT2D eigenvalue weighted by Gasteiger charge is -2.26. The summed E-state index contributed by atoms with van der Waals surface area (Å²) < 4.78 is 0. The van der Waals surface area contributed by atoms with Gasteiger partial charge in [-0.05, 0) is 41.7 Å². The molecular weight excluding hydrogens is 196 g/mol. The number of aliphatic carboxylic acids is 1. The number of hydrogen-bond donors (Lipinski definition) is 1. The molecular formula is C11H16O2S. The molecule has 1 N–H and O–H groups in total. The number of carbonyl (C=O) groups is 1. The standard InChI is InChI=1S/C11H16O2S/c1-3-11(4-2,10(12)13)7-9-5-6-14-8-9/h5-6,8H,3-4,7H2,1-2H3,(H,12,13). The Labute approximate surface area is 88.6 Å². The van der Waals surface area contributed by atoms with E-state index in [0.717, 1.165) is 5.56 Å². The molecule has 2 nitrogen and oxygen atoms in total. The third kappa shape index (κ3) is 2.15. The summed E-state index contributed by atoms with van der Waals surface area (Å²) in [5.74, 6) is -0.672. The molecule has 0 saturated carbocycles. The predicted octanol–water partition coefficient (Wildman–Crippen LogP) is 3.18. The zero-order valence-corrected chi connectivity index (χ0v) is 9.43. The number of rotatable bonds is 5. The minimum absolute atomic E-state index is 0.568. The second kappa shape index (κ2) is 4.60. The van der Waals surface area contributed by atoms with E-state index in [-0.39, 0.29) is 0 Å². The van der Waals surface area contributed by atoms with Gasteiger partial charge in [-0.1, -0.05) is 13.8 Å². The van der Waals surface area contributed by atoms with E-state index < -0.39 is 11.4 Å². The van der Waals surface area contributed by atoms with Crippen LogP contribution in [0.1, 0.15) is 32.3 Å². The minimum Gasteiger partial charge on any atom is -0.481 e. The van der Waals surface area contributed by atoms with Gasteiger partial charge < -0.3 is 5.11 Å². The van der Waals surface area contributed by atoms with Crippen molar-refractivity contribution in [2.75, 3.05) is 0 Å². The summed E-state index contributed by atoms with van der Waals surface area (Å²) in [6, 6.07) is 2.01. The van der Waals surface area contributed by atoms with Crippen LogP contribution < -0.4 is 0 Å². The normalized spacial score (nSPS) is 11.6. The Bertz CT molecular complexity index is 286. The Morgan fingerprint density at radius 3 is 2.50 bits per heavy atom. The van der Waals surface area contributed by atoms with Gasteiger partial charge in [-0.2, -0.15) is 11.3 Å². The van der Waals surface area contributed by atoms with E-state index in [1.807, 2.05) is 30.7 Å². The fourth-order valence-electron chi connectivity index (χ4n) is 1.66. The van der Waals surface area contributed by atoms with Gasteiger partial charge in [0, 0.05) is 0 Å². The molecule has 1 aromatic heterocycles. The summed E-state index contributed by atoms with van der Waals surface area (Å²) in [6.07, 6.45) is 2.03. The van der Waals surface area contributed by atoms with Crippen molar-refractivity contribution in [3.63, 3.8) is 0 Å². The van der Waals surface area contributed by atoms with E-state index in [2.05, 4.69) is 0 Å². The third-order valence-electron chi connectivity index (χ3n) is 2.93. The first-order chi connectivity index (χ1) is 6.64. The largest absolute Gasteiger partial charge is 0.481 e. The van der Waals surface area contributed by atoms with Crippen LogP contribution in [0.5, 0.6) is 0 Å². The molecule has 1 aromatic rings. The highest BCUT2D eigenvalue weighted by Gasteiger charge is 2.34. The summed E-state index contributed by atoms with van der Waals surface area (Å²) in [5, 5.41) is 13.3. The molecule has 0 spiro atoms. The van der Waals surface area contributed by atoms with Crippen LogP contribution in [0.4, 0.5) is 0 Å². The first-order valence-electron chi connectivity index (χ1n) is 4.89. The van der Waals surface area contributed by atoms with Gasteiger partial charge in [0.2, 0.25) is 0 Å². The Hall–Kier alpha value is -0.830. The molecule has 0 atom stereocenters. The number of thiophene rings is 1. The Kier molecular flexibility index (Phi) is 3.69. The van der Waals surface area contributed by atoms with E-state index >= 15 is 0 Å². The predicted molar refractivity (Wildman–Crippen MR) is 58.7 cm³/mol. The zero-order valence-electron chi connectivity index (χ0n) is 8.62. The van der Waals surface area contributed by atoms with Crippen LogP contribution in [-0.2, 0) is 11.2 Å². The van der Waals surface area contributed by atoms with Gasteiger partial charge >= 0.3 is 5.97 Å². The van der Waals surface area contributed by atoms with E-state index in [1.165, 1.54) is 0 Å². The molecule has 0 bridgehead atoms. The Morgan fingerprint density at radius 1 is 1.50 bits per heavy atom. The van der Waals surface area contributed by atoms with Crippen molar-refractivity contribution in [3.8, 4) is 0 Å². The van der Waals surface area contributed by atoms with Crippen LogP contribution in [-0.4, -0.2) is 11.1 Å². The number of hydrogen-bond acceptors (Lipinski definition) is 2. The summed E-state index contributed by atoms with van der Waals surface area (Å²) in [5.41, 5.74) is 0.572. The van der Waals surface area contributed by atoms with Gasteiger partial charge in [-0.3, -0.25) is 4.79 Å². The van der Waals surface area contributed by atoms with Crippen LogP contribution in [0, 0.1) is 5.41 Å². The number of carboxylic acid groups (broad SMARTS) is 1. The molecule has 0 fully saturated rings. The van der Waals surface area contributed by atoms with Crippen LogP contribution in [0.3, 0.4) is 0 Å². The summed E-state index contributed by atoms with van der Waals surface area (Å²) in [4.78, 5) is 11.2. The van der Waals surface area contributed by atoms with E-state index in [4.69, 9.17) is 0 Å². The lowest BCUT2D eigenvalue weighted by molar-refractivity contribution is -0.149. The fourth-order valence-corrected chi connectivity index (χ4v) is 2.33. The summed E-state index contributed by atoms with van der Waals surface area (Å²) in [6.45, 7) is 3.90. The molecule has 3 heteroatoms. The Balaban J connectivity index is 2.83. The van der Waals surface area contributed by atoms with Gasteiger partial charge in [0.1, 0.15) is 0 Å². The molecule has 14 heavy (non-hydrogen) atoms. The van der Waals surface area contributed by atoms with Crippen LogP contribution in [0.25, 0.3) is 0 Å². The monoisotopic (exact) mass is 212 g/mol. The van der Waals surface area contributed by atoms with Gasteiger partial charge in [0.25, 0.3) is 0 Å². The quantitative estimate of drug-likeness (QED) is 0.814. The molecule has 1 heterocycles. The van der Waals surface area contributed by atoms with Crippen molar-refractivity contribution in [1.82, 2.24) is 0 Å². The van der Waals surface area contributed by atoms with Crippen LogP contribution in [0.2, 0.25) is 0 Å². The van der Waals surface area contributed by atoms with Crippen molar-refractivity contribution in [1.29, 1.82) is 0 Å². The van der Waals surface area contributed by atoms with Crippen molar-refractivity contribution in [3.05, 3.63) is 22.4 Å². The maximum Gasteiger partial charge on any atom is 0.309 e. The molecule has 0 amide bonds. The molecule has 0 saturated heterocycles. The topological polar surface area (TPSA) is 37.3 Å². The SMILES string of the molecule is CCC(CC)(Cc1ccsc1)C(=O)O. The molecule has 0 aliphatic heterocycles. The number of carboxylic acids is 1. The fraction of sp³-hybridized carbons (Fsp3) is 0.545.